The average molecular weight is 641 g/mol. The highest BCUT2D eigenvalue weighted by atomic mass is 16.4. The first kappa shape index (κ1) is 32.6. The molecule has 0 spiro atoms. The highest BCUT2D eigenvalue weighted by molar-refractivity contribution is 5.88. The lowest BCUT2D eigenvalue weighted by Crippen LogP contribution is -2.65. The molecule has 5 aliphatic carbocycles. The fraction of sp³-hybridized carbons (Fsp3) is 0.675. The molecule has 47 heavy (non-hydrogen) atoms. The molecule has 7 rings (SSSR count). The number of benzene rings is 1. The highest BCUT2D eigenvalue weighted by Gasteiger charge is 2.69. The normalized spacial score (nSPS) is 39.4. The fourth-order valence-electron chi connectivity index (χ4n) is 13.0. The van der Waals surface area contributed by atoms with Crippen LogP contribution in [0.15, 0.2) is 42.9 Å². The number of carbonyl (C=O) groups is 2. The second kappa shape index (κ2) is 11.3. The molecule has 7 nitrogen and oxygen atoms in total. The van der Waals surface area contributed by atoms with Crippen LogP contribution in [-0.4, -0.2) is 39.5 Å². The van der Waals surface area contributed by atoms with Crippen molar-refractivity contribution in [1.82, 2.24) is 15.3 Å². The van der Waals surface area contributed by atoms with E-state index in [1.54, 1.807) is 24.7 Å². The Morgan fingerprint density at radius 1 is 0.957 bits per heavy atom. The first-order chi connectivity index (χ1) is 22.3. The number of aromatic amines is 1. The van der Waals surface area contributed by atoms with Crippen molar-refractivity contribution < 1.29 is 14.7 Å². The molecular weight excluding hydrogens is 584 g/mol. The molecule has 4 fully saturated rings. The van der Waals surface area contributed by atoms with E-state index in [1.165, 1.54) is 68.9 Å². The molecule has 1 amide bonds. The van der Waals surface area contributed by atoms with E-state index in [9.17, 15) is 14.7 Å². The predicted octanol–water partition coefficient (Wildman–Crippen LogP) is 7.64. The van der Waals surface area contributed by atoms with Crippen LogP contribution < -0.4 is 11.1 Å². The molecular formula is C40H56N4O3. The maximum absolute atomic E-state index is 13.2. The minimum absolute atomic E-state index is 0.0143. The monoisotopic (exact) mass is 640 g/mol. The van der Waals surface area contributed by atoms with E-state index in [1.807, 2.05) is 12.1 Å². The highest BCUT2D eigenvalue weighted by Crippen LogP contribution is 2.77. The molecule has 254 valence electrons. The summed E-state index contributed by atoms with van der Waals surface area (Å²) in [5.74, 6) is 1.71. The van der Waals surface area contributed by atoms with Crippen LogP contribution in [0, 0.1) is 50.7 Å². The molecule has 5 aliphatic rings. The van der Waals surface area contributed by atoms with Crippen LogP contribution >= 0.6 is 0 Å². The summed E-state index contributed by atoms with van der Waals surface area (Å²) in [6.07, 6.45) is 18.8. The van der Waals surface area contributed by atoms with Gasteiger partial charge in [-0.05, 0) is 132 Å². The maximum atomic E-state index is 13.2. The third kappa shape index (κ3) is 4.88. The molecule has 7 heteroatoms. The van der Waals surface area contributed by atoms with Crippen LogP contribution in [0.3, 0.4) is 0 Å². The zero-order valence-corrected chi connectivity index (χ0v) is 29.2. The number of rotatable bonds is 7. The number of aromatic nitrogens is 2. The van der Waals surface area contributed by atoms with Gasteiger partial charge in [0.05, 0.1) is 17.9 Å². The first-order valence-corrected chi connectivity index (χ1v) is 18.3. The zero-order chi connectivity index (χ0) is 33.4. The number of allylic oxidation sites excluding steroid dienone is 2. The second-order valence-corrected chi connectivity index (χ2v) is 17.6. The second-order valence-electron chi connectivity index (χ2n) is 17.6. The molecule has 4 saturated carbocycles. The zero-order valence-electron chi connectivity index (χ0n) is 29.2. The van der Waals surface area contributed by atoms with Crippen molar-refractivity contribution in [2.24, 2.45) is 56.5 Å². The van der Waals surface area contributed by atoms with Gasteiger partial charge in [0.15, 0.2) is 0 Å². The number of nitrogens with one attached hydrogen (secondary N) is 2. The molecule has 2 aromatic rings. The molecule has 1 aromatic carbocycles. The summed E-state index contributed by atoms with van der Waals surface area (Å²) in [4.78, 5) is 31.8. The number of aromatic carboxylic acids is 1. The van der Waals surface area contributed by atoms with Crippen molar-refractivity contribution in [2.75, 3.05) is 6.54 Å². The van der Waals surface area contributed by atoms with Gasteiger partial charge in [-0.2, -0.15) is 0 Å². The lowest BCUT2D eigenvalue weighted by atomic mass is 9.32. The van der Waals surface area contributed by atoms with Crippen molar-refractivity contribution in [1.29, 1.82) is 0 Å². The van der Waals surface area contributed by atoms with Crippen molar-refractivity contribution in [2.45, 2.75) is 111 Å². The number of hydrogen-bond acceptors (Lipinski definition) is 4. The van der Waals surface area contributed by atoms with Crippen LogP contribution in [0.25, 0.3) is 5.57 Å². The van der Waals surface area contributed by atoms with Crippen molar-refractivity contribution in [3.05, 3.63) is 59.7 Å². The van der Waals surface area contributed by atoms with Crippen LogP contribution in [0.2, 0.25) is 0 Å². The number of fused-ring (bicyclic) bond motifs is 7. The molecule has 9 atom stereocenters. The van der Waals surface area contributed by atoms with Gasteiger partial charge in [-0.25, -0.2) is 9.78 Å². The summed E-state index contributed by atoms with van der Waals surface area (Å²) in [7, 11) is 0. The minimum Gasteiger partial charge on any atom is -0.478 e. The topological polar surface area (TPSA) is 121 Å². The standard InChI is InChI=1S/C40H56N4O3/c1-36(2)28(25-8-10-26(11-9-25)35(46)47)14-17-37(3)32(36)15-18-39(5)33(37)13-12-29-30-7-6-16-40(30,20-19-38(29,39)4)23-43-34(45)31(41)21-27-22-42-24-44-27/h8-11,14,22,24,29-33H,6-7,12-13,15-21,23,41H2,1-5H3,(H,42,44)(H,43,45)(H,46,47)/t29?,30?,31?,32?,33?,37?,38-,39?,40?/m1/s1. The Balaban J connectivity index is 1.11. The smallest absolute Gasteiger partial charge is 0.335 e. The summed E-state index contributed by atoms with van der Waals surface area (Å²) in [5, 5.41) is 12.8. The SMILES string of the molecule is CC1(C)C(c2ccc(C(=O)O)cc2)=CCC2(C)C1CCC1(C)C2CCC2C3CCCC3(CNC(=O)C(N)Cc3cnc[nH]3)CC[C@]21C. The number of carbonyl (C=O) groups excluding carboxylic acids is 1. The lowest BCUT2D eigenvalue weighted by Gasteiger charge is -2.72. The maximum Gasteiger partial charge on any atom is 0.335 e. The number of carboxylic acid groups (broad SMARTS) is 1. The van der Waals surface area contributed by atoms with Gasteiger partial charge in [-0.3, -0.25) is 4.79 Å². The molecule has 8 unspecified atom stereocenters. The van der Waals surface area contributed by atoms with Gasteiger partial charge in [0.1, 0.15) is 0 Å². The Kier molecular flexibility index (Phi) is 7.85. The molecule has 0 bridgehead atoms. The molecule has 0 aliphatic heterocycles. The quantitative estimate of drug-likeness (QED) is 0.248. The van der Waals surface area contributed by atoms with E-state index >= 15 is 0 Å². The Morgan fingerprint density at radius 2 is 1.72 bits per heavy atom. The molecule has 1 aromatic heterocycles. The van der Waals surface area contributed by atoms with E-state index in [2.05, 4.69) is 56.0 Å². The molecule has 0 saturated heterocycles. The van der Waals surface area contributed by atoms with E-state index in [0.717, 1.165) is 18.7 Å². The number of imidazole rings is 1. The van der Waals surface area contributed by atoms with Crippen LogP contribution in [0.1, 0.15) is 120 Å². The van der Waals surface area contributed by atoms with Gasteiger partial charge in [-0.15, -0.1) is 0 Å². The summed E-state index contributed by atoms with van der Waals surface area (Å²) < 4.78 is 0. The van der Waals surface area contributed by atoms with Crippen LogP contribution in [-0.2, 0) is 11.2 Å². The number of carboxylic acids is 1. The van der Waals surface area contributed by atoms with Gasteiger partial charge in [0.2, 0.25) is 5.91 Å². The Morgan fingerprint density at radius 3 is 2.43 bits per heavy atom. The summed E-state index contributed by atoms with van der Waals surface area (Å²) in [5.41, 5.74) is 11.2. The van der Waals surface area contributed by atoms with E-state index in [0.29, 0.717) is 41.1 Å². The Bertz CT molecular complexity index is 1550. The van der Waals surface area contributed by atoms with Gasteiger partial charge in [-0.1, -0.05) is 59.2 Å². The van der Waals surface area contributed by atoms with Crippen molar-refractivity contribution in [3.8, 4) is 0 Å². The molecule has 5 N–H and O–H groups in total. The minimum atomic E-state index is -0.871. The number of amides is 1. The van der Waals surface area contributed by atoms with Crippen molar-refractivity contribution in [3.63, 3.8) is 0 Å². The number of H-pyrrole nitrogens is 1. The van der Waals surface area contributed by atoms with E-state index in [4.69, 9.17) is 5.73 Å². The first-order valence-electron chi connectivity index (χ1n) is 18.3. The third-order valence-corrected chi connectivity index (χ3v) is 15.5. The number of nitrogens with two attached hydrogens (primary N) is 1. The fourth-order valence-corrected chi connectivity index (χ4v) is 13.0. The van der Waals surface area contributed by atoms with Gasteiger partial charge in [0, 0.05) is 24.9 Å². The Hall–Kier alpha value is -2.93. The molecule has 0 radical (unpaired) electrons. The summed E-state index contributed by atoms with van der Waals surface area (Å²) in [6, 6.07) is 6.99. The largest absolute Gasteiger partial charge is 0.478 e. The summed E-state index contributed by atoms with van der Waals surface area (Å²) >= 11 is 0. The lowest BCUT2D eigenvalue weighted by molar-refractivity contribution is -0.222. The van der Waals surface area contributed by atoms with Crippen LogP contribution in [0.5, 0.6) is 0 Å². The molecule has 1 heterocycles. The van der Waals surface area contributed by atoms with Gasteiger partial charge >= 0.3 is 5.97 Å². The predicted molar refractivity (Wildman–Crippen MR) is 185 cm³/mol. The van der Waals surface area contributed by atoms with E-state index in [-0.39, 0.29) is 27.6 Å². The van der Waals surface area contributed by atoms with Gasteiger partial charge in [0.25, 0.3) is 0 Å². The van der Waals surface area contributed by atoms with Crippen molar-refractivity contribution >= 4 is 17.4 Å². The van der Waals surface area contributed by atoms with E-state index < -0.39 is 12.0 Å². The van der Waals surface area contributed by atoms with Gasteiger partial charge < -0.3 is 21.1 Å². The summed E-state index contributed by atoms with van der Waals surface area (Å²) in [6.45, 7) is 13.6. The number of hydrogen-bond donors (Lipinski definition) is 4. The Labute approximate surface area is 281 Å². The third-order valence-electron chi connectivity index (χ3n) is 15.5. The average Bonchev–Trinajstić information content (AvgIpc) is 3.70. The number of nitrogens with zero attached hydrogens (tertiary/aromatic N) is 1. The van der Waals surface area contributed by atoms with Crippen LogP contribution in [0.4, 0.5) is 0 Å².